The van der Waals surface area contributed by atoms with E-state index in [1.165, 1.54) is 0 Å². The number of hydrogen-bond donors (Lipinski definition) is 0. The SMILES string of the molecule is [Bi].[Cu].[Sb].[Sn]. The van der Waals surface area contributed by atoms with Crippen LogP contribution in [-0.4, -0.2) is 74.5 Å². The summed E-state index contributed by atoms with van der Waals surface area (Å²) in [6.07, 6.45) is 0. The van der Waals surface area contributed by atoms with E-state index in [2.05, 4.69) is 0 Å². The molecule has 4 heteroatoms. The fourth-order valence-corrected chi connectivity index (χ4v) is 0. The predicted molar refractivity (Wildman–Crippen MR) is 17.3 cm³/mol. The molecule has 0 aromatic heterocycles. The summed E-state index contributed by atoms with van der Waals surface area (Å²) in [7, 11) is 0. The third-order valence-electron chi connectivity index (χ3n) is 0. The second-order valence-electron chi connectivity index (χ2n) is 0. The summed E-state index contributed by atoms with van der Waals surface area (Å²) >= 11 is 0. The van der Waals surface area contributed by atoms with Crippen LogP contribution in [0.4, 0.5) is 0 Å². The van der Waals surface area contributed by atoms with Crippen LogP contribution >= 0.6 is 0 Å². The topological polar surface area (TPSA) is 0 Å². The van der Waals surface area contributed by atoms with E-state index in [1.54, 1.807) is 0 Å². The molecule has 0 rings (SSSR count). The van der Waals surface area contributed by atoms with Gasteiger partial charge in [0.1, 0.15) is 0 Å². The van der Waals surface area contributed by atoms with E-state index >= 15 is 0 Å². The van der Waals surface area contributed by atoms with E-state index in [0.29, 0.717) is 0 Å². The molecule has 0 saturated carbocycles. The van der Waals surface area contributed by atoms with Crippen LogP contribution in [0.1, 0.15) is 0 Å². The Bertz CT molecular complexity index is 8.00. The van der Waals surface area contributed by atoms with Crippen molar-refractivity contribution < 1.29 is 17.1 Å². The van der Waals surface area contributed by atoms with Crippen LogP contribution in [0, 0.1) is 0 Å². The molecule has 0 atom stereocenters. The Hall–Kier alpha value is 3.02. The summed E-state index contributed by atoms with van der Waals surface area (Å²) in [4.78, 5) is 0. The summed E-state index contributed by atoms with van der Waals surface area (Å²) in [6, 6.07) is 0. The van der Waals surface area contributed by atoms with E-state index in [-0.39, 0.29) is 91.6 Å². The Kier molecular flexibility index (Phi) is 116. The molecule has 0 aromatic carbocycles. The van der Waals surface area contributed by atoms with Gasteiger partial charge in [-0.25, -0.2) is 0 Å². The maximum atomic E-state index is 0. The van der Waals surface area contributed by atoms with Crippen molar-refractivity contribution >= 4 is 74.5 Å². The van der Waals surface area contributed by atoms with Gasteiger partial charge >= 0.3 is 0 Å². The summed E-state index contributed by atoms with van der Waals surface area (Å²) in [5, 5.41) is 0. The normalized spacial score (nSPS) is 0. The van der Waals surface area contributed by atoms with Crippen LogP contribution in [-0.2, 0) is 17.1 Å². The quantitative estimate of drug-likeness (QED) is 0.360. The molecule has 0 aromatic rings. The molecule has 0 heterocycles. The summed E-state index contributed by atoms with van der Waals surface area (Å²) in [5.74, 6) is 0. The molecule has 0 unspecified atom stereocenters. The van der Waals surface area contributed by atoms with Gasteiger partial charge in [-0.15, -0.1) is 0 Å². The Morgan fingerprint density at radius 1 is 1.00 bits per heavy atom. The van der Waals surface area contributed by atoms with Crippen molar-refractivity contribution in [2.24, 2.45) is 0 Å². The average Bonchev–Trinajstić information content (AvgIpc) is 0. The fourth-order valence-electron chi connectivity index (χ4n) is 0. The molecule has 11 radical (unpaired) electrons. The van der Waals surface area contributed by atoms with Crippen LogP contribution in [0.5, 0.6) is 0 Å². The van der Waals surface area contributed by atoms with Crippen molar-refractivity contribution in [2.45, 2.75) is 0 Å². The van der Waals surface area contributed by atoms with E-state index in [1.807, 2.05) is 0 Å². The molecule has 0 nitrogen and oxygen atoms in total. The van der Waals surface area contributed by atoms with Crippen molar-refractivity contribution in [2.75, 3.05) is 0 Å². The first-order chi connectivity index (χ1) is 0. The van der Waals surface area contributed by atoms with Gasteiger partial charge in [0.05, 0.1) is 0 Å². The van der Waals surface area contributed by atoms with Crippen LogP contribution in [0.2, 0.25) is 0 Å². The summed E-state index contributed by atoms with van der Waals surface area (Å²) < 4.78 is 0. The molecular weight excluding hydrogens is 513 g/mol. The first-order valence-corrected chi connectivity index (χ1v) is 0. The molecule has 0 aliphatic rings. The molecule has 25 valence electrons. The third-order valence-corrected chi connectivity index (χ3v) is 0. The van der Waals surface area contributed by atoms with Gasteiger partial charge in [-0.1, -0.05) is 0 Å². The zero-order valence-corrected chi connectivity index (χ0v) is 11.5. The number of hydrogen-bond acceptors (Lipinski definition) is 0. The maximum Gasteiger partial charge on any atom is 0 e. The molecule has 0 aliphatic heterocycles. The molecule has 4 heavy (non-hydrogen) atoms. The van der Waals surface area contributed by atoms with Crippen LogP contribution < -0.4 is 0 Å². The molecule has 0 amide bonds. The number of rotatable bonds is 0. The average molecular weight is 513 g/mol. The van der Waals surface area contributed by atoms with E-state index in [0.717, 1.165) is 0 Å². The molecule has 0 fully saturated rings. The second-order valence-corrected chi connectivity index (χ2v) is 0. The molecule has 0 saturated heterocycles. The fraction of sp³-hybridized carbons (Fsp3) is 0. The minimum absolute atomic E-state index is 0. The predicted octanol–water partition coefficient (Wildman–Crippen LogP) is -1.14. The molecule has 0 spiro atoms. The first-order valence-electron chi connectivity index (χ1n) is 0. The summed E-state index contributed by atoms with van der Waals surface area (Å²) in [5.41, 5.74) is 0. The van der Waals surface area contributed by atoms with E-state index < -0.39 is 0 Å². The molecule has 0 N–H and O–H groups in total. The van der Waals surface area contributed by atoms with Crippen molar-refractivity contribution in [1.29, 1.82) is 0 Å². The first kappa shape index (κ1) is 27.9. The van der Waals surface area contributed by atoms with Crippen LogP contribution in [0.25, 0.3) is 0 Å². The summed E-state index contributed by atoms with van der Waals surface area (Å²) in [6.45, 7) is 0. The van der Waals surface area contributed by atoms with Gasteiger partial charge in [0.15, 0.2) is 0 Å². The van der Waals surface area contributed by atoms with Gasteiger partial charge in [0, 0.05) is 91.6 Å². The van der Waals surface area contributed by atoms with E-state index in [4.69, 9.17) is 0 Å². The third kappa shape index (κ3) is 8.89. The molecule has 0 aliphatic carbocycles. The van der Waals surface area contributed by atoms with Crippen molar-refractivity contribution in [3.63, 3.8) is 0 Å². The van der Waals surface area contributed by atoms with E-state index in [9.17, 15) is 0 Å². The molecular formula is BiCuSbSn. The Morgan fingerprint density at radius 2 is 1.00 bits per heavy atom. The van der Waals surface area contributed by atoms with Crippen LogP contribution in [0.3, 0.4) is 0 Å². The minimum atomic E-state index is 0. The van der Waals surface area contributed by atoms with Crippen molar-refractivity contribution in [1.82, 2.24) is 0 Å². The zero-order valence-electron chi connectivity index (χ0n) is 1.70. The van der Waals surface area contributed by atoms with Crippen molar-refractivity contribution in [3.05, 3.63) is 0 Å². The van der Waals surface area contributed by atoms with Gasteiger partial charge in [-0.3, -0.25) is 0 Å². The monoisotopic (exact) mass is 513 g/mol. The van der Waals surface area contributed by atoms with Crippen LogP contribution in [0.15, 0.2) is 0 Å². The van der Waals surface area contributed by atoms with Crippen molar-refractivity contribution in [3.8, 4) is 0 Å². The molecule has 0 bridgehead atoms. The Morgan fingerprint density at radius 3 is 1.00 bits per heavy atom. The smallest absolute Gasteiger partial charge is 0 e. The van der Waals surface area contributed by atoms with Gasteiger partial charge in [0.2, 0.25) is 0 Å². The zero-order chi connectivity index (χ0) is 0. The maximum absolute atomic E-state index is 0. The Labute approximate surface area is 89.9 Å². The largest absolute Gasteiger partial charge is 0 e. The second kappa shape index (κ2) is 16.6. The van der Waals surface area contributed by atoms with Gasteiger partial charge in [-0.2, -0.15) is 0 Å². The Balaban J connectivity index is 0. The standard InChI is InChI=1S/Bi.Cu.Sb.Sn. The van der Waals surface area contributed by atoms with Gasteiger partial charge in [-0.05, 0) is 0 Å². The van der Waals surface area contributed by atoms with Gasteiger partial charge < -0.3 is 0 Å². The minimum Gasteiger partial charge on any atom is 0 e. The van der Waals surface area contributed by atoms with Gasteiger partial charge in [0.25, 0.3) is 0 Å².